The molecule has 0 fully saturated rings. The average Bonchev–Trinajstić information content (AvgIpc) is 2.35. The highest BCUT2D eigenvalue weighted by atomic mass is 19.1. The fourth-order valence-corrected chi connectivity index (χ4v) is 2.10. The van der Waals surface area contributed by atoms with E-state index in [9.17, 15) is 4.39 Å². The monoisotopic (exact) mass is 280 g/mol. The fraction of sp³-hybridized carbons (Fsp3) is 0.647. The first-order chi connectivity index (χ1) is 9.38. The molecule has 0 aliphatic carbocycles. The maximum absolute atomic E-state index is 13.1. The minimum Gasteiger partial charge on any atom is -0.398 e. The third-order valence-corrected chi connectivity index (χ3v) is 3.55. The van der Waals surface area contributed by atoms with Crippen LogP contribution in [0.4, 0.5) is 10.1 Å². The van der Waals surface area contributed by atoms with Gasteiger partial charge in [-0.1, -0.05) is 33.8 Å². The number of hydrogen-bond acceptors (Lipinski definition) is 2. The van der Waals surface area contributed by atoms with Crippen molar-refractivity contribution in [2.24, 2.45) is 11.8 Å². The van der Waals surface area contributed by atoms with Crippen LogP contribution in [0.5, 0.6) is 0 Å². The number of rotatable bonds is 8. The van der Waals surface area contributed by atoms with Gasteiger partial charge in [-0.25, -0.2) is 4.39 Å². The summed E-state index contributed by atoms with van der Waals surface area (Å²) >= 11 is 0. The zero-order valence-corrected chi connectivity index (χ0v) is 13.3. The van der Waals surface area contributed by atoms with Crippen molar-refractivity contribution in [2.45, 2.75) is 47.1 Å². The first-order valence-corrected chi connectivity index (χ1v) is 7.64. The van der Waals surface area contributed by atoms with Crippen LogP contribution in [0.1, 0.15) is 46.1 Å². The van der Waals surface area contributed by atoms with E-state index in [0.29, 0.717) is 17.5 Å². The van der Waals surface area contributed by atoms with Gasteiger partial charge in [0.05, 0.1) is 0 Å². The maximum atomic E-state index is 13.1. The third-order valence-electron chi connectivity index (χ3n) is 3.55. The quantitative estimate of drug-likeness (QED) is 0.719. The molecule has 0 aromatic heterocycles. The van der Waals surface area contributed by atoms with Gasteiger partial charge in [-0.3, -0.25) is 4.90 Å². The van der Waals surface area contributed by atoms with E-state index in [0.717, 1.165) is 25.2 Å². The summed E-state index contributed by atoms with van der Waals surface area (Å²) in [6.07, 6.45) is 2.36. The lowest BCUT2D eigenvalue weighted by Crippen LogP contribution is -2.27. The molecule has 0 bridgehead atoms. The van der Waals surface area contributed by atoms with E-state index in [-0.39, 0.29) is 5.82 Å². The molecular weight excluding hydrogens is 251 g/mol. The summed E-state index contributed by atoms with van der Waals surface area (Å²) in [5.41, 5.74) is 7.50. The normalized spacial score (nSPS) is 11.8. The van der Waals surface area contributed by atoms with Gasteiger partial charge in [-0.05, 0) is 55.5 Å². The number of nitrogens with two attached hydrogens (primary N) is 1. The van der Waals surface area contributed by atoms with E-state index in [1.807, 2.05) is 6.07 Å². The number of benzene rings is 1. The van der Waals surface area contributed by atoms with Crippen molar-refractivity contribution in [2.75, 3.05) is 18.8 Å². The Morgan fingerprint density at radius 2 is 1.60 bits per heavy atom. The van der Waals surface area contributed by atoms with Crippen LogP contribution in [0.3, 0.4) is 0 Å². The molecule has 0 saturated carbocycles. The molecule has 0 heterocycles. The van der Waals surface area contributed by atoms with E-state index in [1.54, 1.807) is 0 Å². The fourth-order valence-electron chi connectivity index (χ4n) is 2.10. The molecule has 114 valence electrons. The van der Waals surface area contributed by atoms with Gasteiger partial charge in [0.2, 0.25) is 0 Å². The van der Waals surface area contributed by atoms with Gasteiger partial charge in [0.25, 0.3) is 0 Å². The maximum Gasteiger partial charge on any atom is 0.125 e. The van der Waals surface area contributed by atoms with Gasteiger partial charge in [0.15, 0.2) is 0 Å². The van der Waals surface area contributed by atoms with E-state index < -0.39 is 0 Å². The van der Waals surface area contributed by atoms with Crippen LogP contribution in [0.25, 0.3) is 0 Å². The van der Waals surface area contributed by atoms with Crippen molar-refractivity contribution >= 4 is 5.69 Å². The molecule has 0 radical (unpaired) electrons. The van der Waals surface area contributed by atoms with Crippen LogP contribution in [0, 0.1) is 17.7 Å². The van der Waals surface area contributed by atoms with Crippen molar-refractivity contribution < 1.29 is 4.39 Å². The molecular formula is C17H29FN2. The zero-order chi connectivity index (χ0) is 15.1. The third kappa shape index (κ3) is 6.38. The van der Waals surface area contributed by atoms with Gasteiger partial charge in [0, 0.05) is 12.2 Å². The Labute approximate surface area is 123 Å². The molecule has 1 rings (SSSR count). The van der Waals surface area contributed by atoms with Crippen molar-refractivity contribution in [1.29, 1.82) is 0 Å². The van der Waals surface area contributed by atoms with Gasteiger partial charge in [0.1, 0.15) is 5.82 Å². The molecule has 0 aliphatic heterocycles. The number of nitrogen functional groups attached to an aromatic ring is 1. The summed E-state index contributed by atoms with van der Waals surface area (Å²) in [6, 6.07) is 4.72. The molecule has 0 aliphatic rings. The number of anilines is 1. The topological polar surface area (TPSA) is 29.3 Å². The van der Waals surface area contributed by atoms with Crippen LogP contribution in [0.15, 0.2) is 18.2 Å². The lowest BCUT2D eigenvalue weighted by atomic mass is 10.1. The number of nitrogens with zero attached hydrogens (tertiary/aromatic N) is 1. The summed E-state index contributed by atoms with van der Waals surface area (Å²) < 4.78 is 13.1. The summed E-state index contributed by atoms with van der Waals surface area (Å²) in [4.78, 5) is 2.43. The van der Waals surface area contributed by atoms with Crippen molar-refractivity contribution in [3.63, 3.8) is 0 Å². The van der Waals surface area contributed by atoms with Crippen LogP contribution < -0.4 is 5.73 Å². The van der Waals surface area contributed by atoms with Gasteiger partial charge in [-0.2, -0.15) is 0 Å². The lowest BCUT2D eigenvalue weighted by Gasteiger charge is -2.25. The molecule has 1 aromatic carbocycles. The first-order valence-electron chi connectivity index (χ1n) is 7.64. The molecule has 0 saturated heterocycles. The minimum absolute atomic E-state index is 0.262. The second-order valence-corrected chi connectivity index (χ2v) is 6.48. The van der Waals surface area contributed by atoms with Gasteiger partial charge in [-0.15, -0.1) is 0 Å². The predicted octanol–water partition coefficient (Wildman–Crippen LogP) is 4.30. The average molecular weight is 280 g/mol. The van der Waals surface area contributed by atoms with Crippen LogP contribution >= 0.6 is 0 Å². The summed E-state index contributed by atoms with van der Waals surface area (Å²) in [5.74, 6) is 1.13. The molecule has 0 atom stereocenters. The Hall–Kier alpha value is -1.09. The van der Waals surface area contributed by atoms with E-state index in [4.69, 9.17) is 5.73 Å². The summed E-state index contributed by atoms with van der Waals surface area (Å²) in [7, 11) is 0. The summed E-state index contributed by atoms with van der Waals surface area (Å²) in [5, 5.41) is 0. The van der Waals surface area contributed by atoms with E-state index in [1.165, 1.54) is 25.0 Å². The highest BCUT2D eigenvalue weighted by Gasteiger charge is 2.10. The Morgan fingerprint density at radius 3 is 2.05 bits per heavy atom. The van der Waals surface area contributed by atoms with Crippen molar-refractivity contribution in [1.82, 2.24) is 4.90 Å². The standard InChI is InChI=1S/C17H29FN2/c1-13(2)7-9-20(10-8-14(3)4)12-15-5-6-16(18)11-17(15)19/h5-6,11,13-14H,7-10,12,19H2,1-4H3. The molecule has 3 heteroatoms. The van der Waals surface area contributed by atoms with Crippen LogP contribution in [-0.2, 0) is 6.54 Å². The Bertz CT molecular complexity index is 390. The van der Waals surface area contributed by atoms with Gasteiger partial charge < -0.3 is 5.73 Å². The first kappa shape index (κ1) is 17.0. The molecule has 1 aromatic rings. The molecule has 0 unspecified atom stereocenters. The highest BCUT2D eigenvalue weighted by molar-refractivity contribution is 5.46. The van der Waals surface area contributed by atoms with Crippen LogP contribution in [-0.4, -0.2) is 18.0 Å². The molecule has 2 N–H and O–H groups in total. The Kier molecular flexibility index (Phi) is 7.00. The molecule has 0 amide bonds. The number of halogens is 1. The summed E-state index contributed by atoms with van der Waals surface area (Å²) in [6.45, 7) is 11.9. The van der Waals surface area contributed by atoms with Crippen molar-refractivity contribution in [3.05, 3.63) is 29.6 Å². The minimum atomic E-state index is -0.262. The highest BCUT2D eigenvalue weighted by Crippen LogP contribution is 2.17. The second-order valence-electron chi connectivity index (χ2n) is 6.48. The largest absolute Gasteiger partial charge is 0.398 e. The number of hydrogen-bond donors (Lipinski definition) is 1. The van der Waals surface area contributed by atoms with Gasteiger partial charge >= 0.3 is 0 Å². The Morgan fingerprint density at radius 1 is 1.05 bits per heavy atom. The van der Waals surface area contributed by atoms with E-state index in [2.05, 4.69) is 32.6 Å². The Balaban J connectivity index is 2.66. The zero-order valence-electron chi connectivity index (χ0n) is 13.3. The molecule has 2 nitrogen and oxygen atoms in total. The second kappa shape index (κ2) is 8.25. The SMILES string of the molecule is CC(C)CCN(CCC(C)C)Cc1ccc(F)cc1N. The predicted molar refractivity (Wildman–Crippen MR) is 85.0 cm³/mol. The lowest BCUT2D eigenvalue weighted by molar-refractivity contribution is 0.236. The van der Waals surface area contributed by atoms with Crippen molar-refractivity contribution in [3.8, 4) is 0 Å². The smallest absolute Gasteiger partial charge is 0.125 e. The molecule has 20 heavy (non-hydrogen) atoms. The van der Waals surface area contributed by atoms with Crippen LogP contribution in [0.2, 0.25) is 0 Å². The van der Waals surface area contributed by atoms with E-state index >= 15 is 0 Å². The molecule has 0 spiro atoms.